The maximum Gasteiger partial charge on any atom is 0.275 e. The molecule has 4 N–H and O–H groups in total. The number of rotatable bonds is 5. The molecule has 0 atom stereocenters. The number of carbonyl (C=O) groups is 2. The lowest BCUT2D eigenvalue weighted by molar-refractivity contribution is 0.0944. The van der Waals surface area contributed by atoms with Crippen LogP contribution in [0.2, 0.25) is 0 Å². The summed E-state index contributed by atoms with van der Waals surface area (Å²) in [7, 11) is 0. The van der Waals surface area contributed by atoms with Crippen molar-refractivity contribution in [3.63, 3.8) is 0 Å². The van der Waals surface area contributed by atoms with E-state index < -0.39 is 0 Å². The molecule has 2 amide bonds. The first-order valence-electron chi connectivity index (χ1n) is 6.87. The smallest absolute Gasteiger partial charge is 0.275 e. The molecule has 0 aliphatic heterocycles. The van der Waals surface area contributed by atoms with Crippen molar-refractivity contribution in [2.45, 2.75) is 26.4 Å². The van der Waals surface area contributed by atoms with E-state index in [1.54, 1.807) is 29.6 Å². The van der Waals surface area contributed by atoms with Gasteiger partial charge in [0.1, 0.15) is 10.7 Å². The third kappa shape index (κ3) is 5.02. The highest BCUT2D eigenvalue weighted by Gasteiger charge is 2.16. The second-order valence-electron chi connectivity index (χ2n) is 4.96. The Bertz CT molecular complexity index is 688. The van der Waals surface area contributed by atoms with Crippen LogP contribution in [0.5, 0.6) is 0 Å². The van der Waals surface area contributed by atoms with Crippen LogP contribution in [-0.2, 0) is 6.54 Å². The normalized spacial score (nSPS) is 10.1. The maximum atomic E-state index is 12.2. The van der Waals surface area contributed by atoms with Crippen LogP contribution in [0.15, 0.2) is 29.6 Å². The predicted molar refractivity (Wildman–Crippen MR) is 94.3 cm³/mol. The number of aromatic nitrogens is 1. The number of anilines is 1. The SMILES string of the molecule is CC(C)NC(=O)c1ccccc1NC(=O)c1csc(CN)n1.Cl. The first-order valence-corrected chi connectivity index (χ1v) is 7.75. The van der Waals surface area contributed by atoms with Gasteiger partial charge in [0.05, 0.1) is 11.3 Å². The molecular weight excluding hydrogens is 336 g/mol. The van der Waals surface area contributed by atoms with Gasteiger partial charge in [0, 0.05) is 18.0 Å². The first-order chi connectivity index (χ1) is 10.5. The lowest BCUT2D eigenvalue weighted by Crippen LogP contribution is -2.31. The number of nitrogens with two attached hydrogens (primary N) is 1. The maximum absolute atomic E-state index is 12.2. The fourth-order valence-electron chi connectivity index (χ4n) is 1.83. The Kier molecular flexibility index (Phi) is 7.15. The molecule has 2 aromatic rings. The van der Waals surface area contributed by atoms with Gasteiger partial charge in [-0.05, 0) is 26.0 Å². The number of hydrogen-bond donors (Lipinski definition) is 3. The molecule has 0 saturated heterocycles. The van der Waals surface area contributed by atoms with Crippen molar-refractivity contribution in [2.75, 3.05) is 5.32 Å². The second-order valence-corrected chi connectivity index (χ2v) is 5.90. The molecule has 8 heteroatoms. The molecule has 0 spiro atoms. The molecule has 1 heterocycles. The van der Waals surface area contributed by atoms with Gasteiger partial charge in [-0.15, -0.1) is 23.7 Å². The molecular formula is C15H19ClN4O2S. The Hall–Kier alpha value is -1.96. The molecule has 0 unspecified atom stereocenters. The zero-order chi connectivity index (χ0) is 16.1. The lowest BCUT2D eigenvalue weighted by atomic mass is 10.1. The van der Waals surface area contributed by atoms with Crippen molar-refractivity contribution >= 4 is 41.2 Å². The minimum atomic E-state index is -0.360. The van der Waals surface area contributed by atoms with E-state index in [-0.39, 0.29) is 30.3 Å². The zero-order valence-electron chi connectivity index (χ0n) is 12.8. The van der Waals surface area contributed by atoms with Gasteiger partial charge < -0.3 is 16.4 Å². The van der Waals surface area contributed by atoms with Gasteiger partial charge in [0.25, 0.3) is 11.8 Å². The van der Waals surface area contributed by atoms with E-state index in [2.05, 4.69) is 15.6 Å². The number of halogens is 1. The molecule has 2 rings (SSSR count). The highest BCUT2D eigenvalue weighted by atomic mass is 35.5. The summed E-state index contributed by atoms with van der Waals surface area (Å²) in [5, 5.41) is 7.87. The Morgan fingerprint density at radius 1 is 1.26 bits per heavy atom. The van der Waals surface area contributed by atoms with Crippen molar-refractivity contribution in [1.29, 1.82) is 0 Å². The van der Waals surface area contributed by atoms with Crippen molar-refractivity contribution in [3.8, 4) is 0 Å². The average molecular weight is 355 g/mol. The van der Waals surface area contributed by atoms with Gasteiger partial charge in [-0.1, -0.05) is 12.1 Å². The van der Waals surface area contributed by atoms with Gasteiger partial charge in [-0.3, -0.25) is 9.59 Å². The standard InChI is InChI=1S/C15H18N4O2S.ClH/c1-9(2)17-14(20)10-5-3-4-6-11(10)19-15(21)12-8-22-13(7-16)18-12;/h3-6,8-9H,7,16H2,1-2H3,(H,17,20)(H,19,21);1H. The van der Waals surface area contributed by atoms with Gasteiger partial charge in [-0.25, -0.2) is 4.98 Å². The van der Waals surface area contributed by atoms with Crippen molar-refractivity contribution in [1.82, 2.24) is 10.3 Å². The third-order valence-electron chi connectivity index (χ3n) is 2.80. The lowest BCUT2D eigenvalue weighted by Gasteiger charge is -2.12. The van der Waals surface area contributed by atoms with Crippen molar-refractivity contribution < 1.29 is 9.59 Å². The van der Waals surface area contributed by atoms with Crippen LogP contribution in [0.25, 0.3) is 0 Å². The van der Waals surface area contributed by atoms with E-state index in [4.69, 9.17) is 5.73 Å². The molecule has 124 valence electrons. The molecule has 0 radical (unpaired) electrons. The monoisotopic (exact) mass is 354 g/mol. The van der Waals surface area contributed by atoms with Crippen LogP contribution < -0.4 is 16.4 Å². The molecule has 0 fully saturated rings. The van der Waals surface area contributed by atoms with Crippen molar-refractivity contribution in [3.05, 3.63) is 45.9 Å². The zero-order valence-corrected chi connectivity index (χ0v) is 14.5. The number of amides is 2. The second kappa shape index (κ2) is 8.61. The molecule has 1 aromatic carbocycles. The summed E-state index contributed by atoms with van der Waals surface area (Å²) >= 11 is 1.33. The van der Waals surface area contributed by atoms with Crippen LogP contribution in [0.3, 0.4) is 0 Å². The van der Waals surface area contributed by atoms with E-state index in [0.717, 1.165) is 0 Å². The highest BCUT2D eigenvalue weighted by molar-refractivity contribution is 7.09. The summed E-state index contributed by atoms with van der Waals surface area (Å²) in [6.07, 6.45) is 0. The Morgan fingerprint density at radius 3 is 2.57 bits per heavy atom. The molecule has 0 saturated carbocycles. The van der Waals surface area contributed by atoms with Gasteiger partial charge in [-0.2, -0.15) is 0 Å². The average Bonchev–Trinajstić information content (AvgIpc) is 2.96. The van der Waals surface area contributed by atoms with E-state index in [9.17, 15) is 9.59 Å². The summed E-state index contributed by atoms with van der Waals surface area (Å²) in [4.78, 5) is 28.5. The number of nitrogens with zero attached hydrogens (tertiary/aromatic N) is 1. The summed E-state index contributed by atoms with van der Waals surface area (Å²) in [5.74, 6) is -0.590. The topological polar surface area (TPSA) is 97.1 Å². The quantitative estimate of drug-likeness (QED) is 0.768. The highest BCUT2D eigenvalue weighted by Crippen LogP contribution is 2.17. The predicted octanol–water partition coefficient (Wildman–Crippen LogP) is 2.41. The molecule has 6 nitrogen and oxygen atoms in total. The molecule has 0 aliphatic carbocycles. The van der Waals surface area contributed by atoms with Gasteiger partial charge >= 0.3 is 0 Å². The molecule has 1 aromatic heterocycles. The van der Waals surface area contributed by atoms with E-state index in [1.807, 2.05) is 13.8 Å². The molecule has 0 aliphatic rings. The van der Waals surface area contributed by atoms with Crippen molar-refractivity contribution in [2.24, 2.45) is 5.73 Å². The number of para-hydroxylation sites is 1. The number of thiazole rings is 1. The third-order valence-corrected chi connectivity index (χ3v) is 3.67. The van der Waals surface area contributed by atoms with Crippen LogP contribution in [0.4, 0.5) is 5.69 Å². The minimum Gasteiger partial charge on any atom is -0.350 e. The van der Waals surface area contributed by atoms with Crippen LogP contribution in [0.1, 0.15) is 39.7 Å². The summed E-state index contributed by atoms with van der Waals surface area (Å²) < 4.78 is 0. The summed E-state index contributed by atoms with van der Waals surface area (Å²) in [6.45, 7) is 4.05. The van der Waals surface area contributed by atoms with Gasteiger partial charge in [0.15, 0.2) is 0 Å². The number of carbonyl (C=O) groups excluding carboxylic acids is 2. The largest absolute Gasteiger partial charge is 0.350 e. The number of benzene rings is 1. The molecule has 0 bridgehead atoms. The van der Waals surface area contributed by atoms with Gasteiger partial charge in [0.2, 0.25) is 0 Å². The molecule has 23 heavy (non-hydrogen) atoms. The fourth-order valence-corrected chi connectivity index (χ4v) is 2.48. The number of hydrogen-bond acceptors (Lipinski definition) is 5. The van der Waals surface area contributed by atoms with E-state index in [1.165, 1.54) is 11.3 Å². The van der Waals surface area contributed by atoms with Crippen LogP contribution in [-0.4, -0.2) is 22.8 Å². The van der Waals surface area contributed by atoms with Crippen LogP contribution >= 0.6 is 23.7 Å². The Balaban J connectivity index is 0.00000264. The Morgan fingerprint density at radius 2 is 1.96 bits per heavy atom. The Labute approximate surface area is 144 Å². The van der Waals surface area contributed by atoms with E-state index >= 15 is 0 Å². The minimum absolute atomic E-state index is 0. The number of nitrogens with one attached hydrogen (secondary N) is 2. The van der Waals surface area contributed by atoms with E-state index in [0.29, 0.717) is 28.5 Å². The first kappa shape index (κ1) is 19.1. The summed E-state index contributed by atoms with van der Waals surface area (Å²) in [6, 6.07) is 6.87. The summed E-state index contributed by atoms with van der Waals surface area (Å²) in [5.41, 5.74) is 6.65. The van der Waals surface area contributed by atoms with Crippen LogP contribution in [0, 0.1) is 0 Å². The fraction of sp³-hybridized carbons (Fsp3) is 0.267.